The summed E-state index contributed by atoms with van der Waals surface area (Å²) < 4.78 is 23.3. The Morgan fingerprint density at radius 1 is 0.963 bits per heavy atom. The highest BCUT2D eigenvalue weighted by Crippen LogP contribution is 2.23. The summed E-state index contributed by atoms with van der Waals surface area (Å²) in [7, 11) is -2.86. The molecule has 3 saturated heterocycles. The Bertz CT molecular complexity index is 767. The Kier molecular flexibility index (Phi) is 5.27. The smallest absolute Gasteiger partial charge is 0.321 e. The number of amides is 2. The zero-order chi connectivity index (χ0) is 18.9. The highest BCUT2D eigenvalue weighted by Gasteiger charge is 2.34. The highest BCUT2D eigenvalue weighted by molar-refractivity contribution is 7.91. The molecule has 1 atom stereocenters. The van der Waals surface area contributed by atoms with Gasteiger partial charge in [-0.05, 0) is 43.5 Å². The number of hydrogen-bond acceptors (Lipinski definition) is 5. The maximum Gasteiger partial charge on any atom is 0.321 e. The van der Waals surface area contributed by atoms with Gasteiger partial charge in [0.25, 0.3) is 0 Å². The first-order chi connectivity index (χ1) is 13.0. The second-order valence-corrected chi connectivity index (χ2v) is 9.98. The standard InChI is InChI=1S/C19H28N4O3S/c24-19(20-16-3-5-17(6-4-16)21-8-1-2-9-21)23-12-10-22(11-13-23)18-7-14-27(25,26)15-18/h3-6,18H,1-2,7-15H2,(H,20,24). The molecule has 0 spiro atoms. The predicted molar refractivity (Wildman–Crippen MR) is 107 cm³/mol. The van der Waals surface area contributed by atoms with Crippen LogP contribution in [-0.4, -0.2) is 81.1 Å². The maximum atomic E-state index is 12.5. The van der Waals surface area contributed by atoms with Crippen LogP contribution in [0.2, 0.25) is 0 Å². The maximum absolute atomic E-state index is 12.5. The topological polar surface area (TPSA) is 73.0 Å². The summed E-state index contributed by atoms with van der Waals surface area (Å²) >= 11 is 0. The van der Waals surface area contributed by atoms with Gasteiger partial charge in [-0.25, -0.2) is 13.2 Å². The molecule has 0 aliphatic carbocycles. The summed E-state index contributed by atoms with van der Waals surface area (Å²) in [6.07, 6.45) is 3.21. The molecule has 2 amide bonds. The van der Waals surface area contributed by atoms with E-state index in [0.717, 1.165) is 38.3 Å². The predicted octanol–water partition coefficient (Wildman–Crippen LogP) is 1.62. The fourth-order valence-electron chi connectivity index (χ4n) is 4.29. The number of carbonyl (C=O) groups is 1. The van der Waals surface area contributed by atoms with Crippen LogP contribution < -0.4 is 10.2 Å². The van der Waals surface area contributed by atoms with E-state index in [-0.39, 0.29) is 17.8 Å². The third-order valence-corrected chi connectivity index (χ3v) is 7.67. The molecule has 1 unspecified atom stereocenters. The van der Waals surface area contributed by atoms with E-state index in [9.17, 15) is 13.2 Å². The zero-order valence-electron chi connectivity index (χ0n) is 15.6. The molecular weight excluding hydrogens is 364 g/mol. The van der Waals surface area contributed by atoms with Gasteiger partial charge in [0.1, 0.15) is 0 Å². The Morgan fingerprint density at radius 3 is 2.22 bits per heavy atom. The van der Waals surface area contributed by atoms with E-state index in [1.807, 2.05) is 17.0 Å². The van der Waals surface area contributed by atoms with Gasteiger partial charge in [-0.1, -0.05) is 0 Å². The van der Waals surface area contributed by atoms with Crippen LogP contribution in [0.15, 0.2) is 24.3 Å². The Morgan fingerprint density at radius 2 is 1.63 bits per heavy atom. The Labute approximate surface area is 161 Å². The number of nitrogens with zero attached hydrogens (tertiary/aromatic N) is 3. The van der Waals surface area contributed by atoms with Crippen molar-refractivity contribution in [1.82, 2.24) is 9.80 Å². The van der Waals surface area contributed by atoms with Crippen LogP contribution in [0.4, 0.5) is 16.2 Å². The first-order valence-corrected chi connectivity index (χ1v) is 11.7. The van der Waals surface area contributed by atoms with Crippen molar-refractivity contribution in [2.45, 2.75) is 25.3 Å². The molecule has 0 aromatic heterocycles. The normalized spacial score (nSPS) is 25.7. The number of rotatable bonds is 3. The van der Waals surface area contributed by atoms with E-state index in [1.54, 1.807) is 0 Å². The van der Waals surface area contributed by atoms with Crippen molar-refractivity contribution in [1.29, 1.82) is 0 Å². The minimum Gasteiger partial charge on any atom is -0.372 e. The van der Waals surface area contributed by atoms with E-state index >= 15 is 0 Å². The van der Waals surface area contributed by atoms with E-state index < -0.39 is 9.84 Å². The summed E-state index contributed by atoms with van der Waals surface area (Å²) in [6, 6.07) is 8.11. The lowest BCUT2D eigenvalue weighted by Gasteiger charge is -2.37. The van der Waals surface area contributed by atoms with Gasteiger partial charge in [0.2, 0.25) is 0 Å². The molecule has 1 aromatic rings. The molecule has 7 nitrogen and oxygen atoms in total. The molecule has 0 saturated carbocycles. The van der Waals surface area contributed by atoms with E-state index in [2.05, 4.69) is 27.2 Å². The van der Waals surface area contributed by atoms with E-state index in [1.165, 1.54) is 18.5 Å². The van der Waals surface area contributed by atoms with Gasteiger partial charge in [0.15, 0.2) is 9.84 Å². The Balaban J connectivity index is 1.27. The van der Waals surface area contributed by atoms with Crippen molar-refractivity contribution < 1.29 is 13.2 Å². The molecule has 3 aliphatic rings. The van der Waals surface area contributed by atoms with Crippen LogP contribution in [0.25, 0.3) is 0 Å². The summed E-state index contributed by atoms with van der Waals surface area (Å²) in [5.74, 6) is 0.564. The molecule has 0 radical (unpaired) electrons. The van der Waals surface area contributed by atoms with Crippen molar-refractivity contribution >= 4 is 27.2 Å². The summed E-state index contributed by atoms with van der Waals surface area (Å²) in [5, 5.41) is 2.98. The molecular formula is C19H28N4O3S. The fourth-order valence-corrected chi connectivity index (χ4v) is 6.05. The molecule has 3 heterocycles. The van der Waals surface area contributed by atoms with Crippen LogP contribution in [0.5, 0.6) is 0 Å². The van der Waals surface area contributed by atoms with E-state index in [0.29, 0.717) is 18.8 Å². The van der Waals surface area contributed by atoms with Crippen molar-refractivity contribution in [2.24, 2.45) is 0 Å². The average Bonchev–Trinajstić information content (AvgIpc) is 3.32. The van der Waals surface area contributed by atoms with Gasteiger partial charge in [-0.3, -0.25) is 4.90 Å². The minimum atomic E-state index is -2.86. The molecule has 27 heavy (non-hydrogen) atoms. The third kappa shape index (κ3) is 4.38. The quantitative estimate of drug-likeness (QED) is 0.846. The summed E-state index contributed by atoms with van der Waals surface area (Å²) in [6.45, 7) is 4.96. The van der Waals surface area contributed by atoms with Crippen LogP contribution in [0.1, 0.15) is 19.3 Å². The molecule has 3 aliphatic heterocycles. The first kappa shape index (κ1) is 18.6. The molecule has 8 heteroatoms. The van der Waals surface area contributed by atoms with Gasteiger partial charge in [-0.2, -0.15) is 0 Å². The molecule has 3 fully saturated rings. The average molecular weight is 393 g/mol. The van der Waals surface area contributed by atoms with Gasteiger partial charge in [0.05, 0.1) is 11.5 Å². The number of urea groups is 1. The summed E-state index contributed by atoms with van der Waals surface area (Å²) in [4.78, 5) is 18.9. The zero-order valence-corrected chi connectivity index (χ0v) is 16.5. The van der Waals surface area contributed by atoms with Gasteiger partial charge >= 0.3 is 6.03 Å². The lowest BCUT2D eigenvalue weighted by atomic mass is 10.2. The highest BCUT2D eigenvalue weighted by atomic mass is 32.2. The van der Waals surface area contributed by atoms with Gasteiger partial charge in [-0.15, -0.1) is 0 Å². The molecule has 148 valence electrons. The Hall–Kier alpha value is -1.80. The number of sulfone groups is 1. The van der Waals surface area contributed by atoms with Crippen LogP contribution in [0.3, 0.4) is 0 Å². The second-order valence-electron chi connectivity index (χ2n) is 7.75. The number of piperazine rings is 1. The third-order valence-electron chi connectivity index (χ3n) is 5.92. The first-order valence-electron chi connectivity index (χ1n) is 9.86. The van der Waals surface area contributed by atoms with E-state index in [4.69, 9.17) is 0 Å². The molecule has 1 aromatic carbocycles. The van der Waals surface area contributed by atoms with Crippen molar-refractivity contribution in [3.63, 3.8) is 0 Å². The van der Waals surface area contributed by atoms with Gasteiger partial charge in [0, 0.05) is 56.7 Å². The number of anilines is 2. The number of benzene rings is 1. The molecule has 4 rings (SSSR count). The van der Waals surface area contributed by atoms with Crippen LogP contribution in [-0.2, 0) is 9.84 Å². The van der Waals surface area contributed by atoms with Crippen LogP contribution in [0, 0.1) is 0 Å². The lowest BCUT2D eigenvalue weighted by molar-refractivity contribution is 0.121. The van der Waals surface area contributed by atoms with Crippen molar-refractivity contribution in [3.05, 3.63) is 24.3 Å². The fraction of sp³-hybridized carbons (Fsp3) is 0.632. The van der Waals surface area contributed by atoms with Gasteiger partial charge < -0.3 is 15.1 Å². The molecule has 0 bridgehead atoms. The van der Waals surface area contributed by atoms with Crippen molar-refractivity contribution in [2.75, 3.05) is 61.0 Å². The largest absolute Gasteiger partial charge is 0.372 e. The van der Waals surface area contributed by atoms with Crippen LogP contribution >= 0.6 is 0 Å². The molecule has 1 N–H and O–H groups in total. The SMILES string of the molecule is O=C(Nc1ccc(N2CCCC2)cc1)N1CCN(C2CCS(=O)(=O)C2)CC1. The van der Waals surface area contributed by atoms with Crippen molar-refractivity contribution in [3.8, 4) is 0 Å². The number of nitrogens with one attached hydrogen (secondary N) is 1. The lowest BCUT2D eigenvalue weighted by Crippen LogP contribution is -2.53. The summed E-state index contributed by atoms with van der Waals surface area (Å²) in [5.41, 5.74) is 2.03. The number of carbonyl (C=O) groups excluding carboxylic acids is 1. The minimum absolute atomic E-state index is 0.0809. The second kappa shape index (κ2) is 7.67. The number of hydrogen-bond donors (Lipinski definition) is 1. The monoisotopic (exact) mass is 392 g/mol.